The Bertz CT molecular complexity index is 2660. The molecule has 1 heterocycles. The molecule has 1 nitrogen and oxygen atoms in total. The van der Waals surface area contributed by atoms with Gasteiger partial charge in [0.05, 0.1) is 0 Å². The first-order chi connectivity index (χ1) is 25.3. The summed E-state index contributed by atoms with van der Waals surface area (Å²) in [6.45, 7) is 0. The summed E-state index contributed by atoms with van der Waals surface area (Å²) in [4.78, 5) is 2.40. The van der Waals surface area contributed by atoms with Gasteiger partial charge in [-0.3, -0.25) is 0 Å². The summed E-state index contributed by atoms with van der Waals surface area (Å²) in [5, 5.41) is 5.27. The van der Waals surface area contributed by atoms with Crippen molar-refractivity contribution in [3.05, 3.63) is 199 Å². The van der Waals surface area contributed by atoms with Crippen molar-refractivity contribution in [3.63, 3.8) is 0 Å². The number of allylic oxidation sites excluding steroid dienone is 1. The van der Waals surface area contributed by atoms with E-state index in [4.69, 9.17) is 0 Å². The summed E-state index contributed by atoms with van der Waals surface area (Å²) in [6.07, 6.45) is 3.36. The van der Waals surface area contributed by atoms with Gasteiger partial charge in [-0.15, -0.1) is 11.3 Å². The second-order valence-electron chi connectivity index (χ2n) is 13.3. The molecule has 1 aliphatic carbocycles. The molecule has 0 atom stereocenters. The number of hydrogen-bond donors (Lipinski definition) is 0. The molecule has 0 fully saturated rings. The lowest BCUT2D eigenvalue weighted by molar-refractivity contribution is 1.29. The maximum Gasteiger partial charge on any atom is 0.0468 e. The SMILES string of the molecule is C1=C(c2c3ccccc3cc3sc4ccc(N(c5ccc(-c6ccccc6)cc5)c5ccc(-c6ccccc6)cc5)cc4c23)Cc2ccccc21. The summed E-state index contributed by atoms with van der Waals surface area (Å²) in [7, 11) is 0. The Kier molecular flexibility index (Phi) is 7.14. The summed E-state index contributed by atoms with van der Waals surface area (Å²) in [5.74, 6) is 0. The van der Waals surface area contributed by atoms with Crippen LogP contribution in [0.3, 0.4) is 0 Å². The fraction of sp³-hybridized carbons (Fsp3) is 0.0204. The molecule has 0 aliphatic heterocycles. The maximum atomic E-state index is 2.42. The first-order valence-corrected chi connectivity index (χ1v) is 18.4. The van der Waals surface area contributed by atoms with Gasteiger partial charge in [0, 0.05) is 37.2 Å². The predicted octanol–water partition coefficient (Wildman–Crippen LogP) is 14.1. The lowest BCUT2D eigenvalue weighted by Gasteiger charge is -2.26. The highest BCUT2D eigenvalue weighted by molar-refractivity contribution is 7.26. The average molecular weight is 668 g/mol. The van der Waals surface area contributed by atoms with Crippen molar-refractivity contribution in [1.29, 1.82) is 0 Å². The molecular weight excluding hydrogens is 635 g/mol. The fourth-order valence-electron chi connectivity index (χ4n) is 7.82. The molecule has 0 unspecified atom stereocenters. The summed E-state index contributed by atoms with van der Waals surface area (Å²) >= 11 is 1.90. The Balaban J connectivity index is 1.16. The summed E-state index contributed by atoms with van der Waals surface area (Å²) in [6, 6.07) is 66.3. The van der Waals surface area contributed by atoms with E-state index in [0.717, 1.165) is 23.5 Å². The summed E-state index contributed by atoms with van der Waals surface area (Å²) < 4.78 is 2.64. The highest BCUT2D eigenvalue weighted by Crippen LogP contribution is 2.47. The van der Waals surface area contributed by atoms with E-state index >= 15 is 0 Å². The minimum atomic E-state index is 0.948. The number of fused-ring (bicyclic) bond motifs is 5. The molecule has 10 rings (SSSR count). The van der Waals surface area contributed by atoms with Crippen LogP contribution in [0, 0.1) is 0 Å². The zero-order valence-electron chi connectivity index (χ0n) is 28.0. The number of anilines is 3. The topological polar surface area (TPSA) is 3.24 Å². The lowest BCUT2D eigenvalue weighted by Crippen LogP contribution is -2.09. The number of rotatable bonds is 6. The molecule has 240 valence electrons. The molecule has 2 heteroatoms. The molecule has 1 aliphatic rings. The van der Waals surface area contributed by atoms with E-state index in [1.807, 2.05) is 11.3 Å². The monoisotopic (exact) mass is 667 g/mol. The van der Waals surface area contributed by atoms with E-state index in [0.29, 0.717) is 0 Å². The number of thiophene rings is 1. The van der Waals surface area contributed by atoms with Gasteiger partial charge in [0.2, 0.25) is 0 Å². The van der Waals surface area contributed by atoms with Crippen molar-refractivity contribution in [1.82, 2.24) is 0 Å². The molecule has 0 saturated heterocycles. The van der Waals surface area contributed by atoms with Crippen LogP contribution >= 0.6 is 11.3 Å². The van der Waals surface area contributed by atoms with Crippen molar-refractivity contribution >= 4 is 71.0 Å². The second-order valence-corrected chi connectivity index (χ2v) is 14.4. The molecule has 0 radical (unpaired) electrons. The molecule has 1 aromatic heterocycles. The Labute approximate surface area is 302 Å². The number of nitrogens with zero attached hydrogens (tertiary/aromatic N) is 1. The van der Waals surface area contributed by atoms with E-state index in [-0.39, 0.29) is 0 Å². The molecule has 9 aromatic rings. The summed E-state index contributed by atoms with van der Waals surface area (Å²) in [5.41, 5.74) is 13.7. The van der Waals surface area contributed by atoms with E-state index in [9.17, 15) is 0 Å². The second kappa shape index (κ2) is 12.3. The van der Waals surface area contributed by atoms with Crippen molar-refractivity contribution in [2.45, 2.75) is 6.42 Å². The van der Waals surface area contributed by atoms with E-state index in [1.54, 1.807) is 0 Å². The van der Waals surface area contributed by atoms with Gasteiger partial charge in [-0.05, 0) is 110 Å². The minimum Gasteiger partial charge on any atom is -0.310 e. The zero-order valence-corrected chi connectivity index (χ0v) is 28.8. The third-order valence-corrected chi connectivity index (χ3v) is 11.4. The van der Waals surface area contributed by atoms with Crippen LogP contribution in [0.4, 0.5) is 17.1 Å². The van der Waals surface area contributed by atoms with Gasteiger partial charge in [0.15, 0.2) is 0 Å². The maximum absolute atomic E-state index is 2.42. The van der Waals surface area contributed by atoms with Crippen LogP contribution in [0.25, 0.3) is 64.8 Å². The smallest absolute Gasteiger partial charge is 0.0468 e. The Morgan fingerprint density at radius 2 is 1.00 bits per heavy atom. The van der Waals surface area contributed by atoms with Crippen molar-refractivity contribution in [2.24, 2.45) is 0 Å². The van der Waals surface area contributed by atoms with Gasteiger partial charge in [-0.1, -0.05) is 140 Å². The van der Waals surface area contributed by atoms with Gasteiger partial charge in [-0.2, -0.15) is 0 Å². The molecule has 0 amide bonds. The molecular formula is C49H33NS. The van der Waals surface area contributed by atoms with Crippen LogP contribution in [-0.4, -0.2) is 0 Å². The Hall–Kier alpha value is -6.22. The van der Waals surface area contributed by atoms with Crippen molar-refractivity contribution < 1.29 is 0 Å². The lowest BCUT2D eigenvalue weighted by atomic mass is 9.92. The van der Waals surface area contributed by atoms with Crippen molar-refractivity contribution in [2.75, 3.05) is 4.90 Å². The molecule has 0 N–H and O–H groups in total. The third-order valence-electron chi connectivity index (χ3n) is 10.3. The first-order valence-electron chi connectivity index (χ1n) is 17.5. The van der Waals surface area contributed by atoms with Crippen LogP contribution in [0.1, 0.15) is 16.7 Å². The molecule has 0 saturated carbocycles. The average Bonchev–Trinajstić information content (AvgIpc) is 3.79. The Morgan fingerprint density at radius 1 is 0.431 bits per heavy atom. The van der Waals surface area contributed by atoms with Crippen LogP contribution in [0.15, 0.2) is 182 Å². The van der Waals surface area contributed by atoms with Gasteiger partial charge in [-0.25, -0.2) is 0 Å². The molecule has 51 heavy (non-hydrogen) atoms. The minimum absolute atomic E-state index is 0.948. The quantitative estimate of drug-likeness (QED) is 0.171. The van der Waals surface area contributed by atoms with Crippen molar-refractivity contribution in [3.8, 4) is 22.3 Å². The van der Waals surface area contributed by atoms with Gasteiger partial charge >= 0.3 is 0 Å². The first kappa shape index (κ1) is 29.7. The van der Waals surface area contributed by atoms with E-state index in [1.165, 1.54) is 75.5 Å². The molecule has 0 spiro atoms. The Morgan fingerprint density at radius 3 is 1.67 bits per heavy atom. The third kappa shape index (κ3) is 5.24. The van der Waals surface area contributed by atoms with Gasteiger partial charge in [0.1, 0.15) is 0 Å². The predicted molar refractivity (Wildman–Crippen MR) is 220 cm³/mol. The van der Waals surface area contributed by atoms with Crippen LogP contribution in [0.5, 0.6) is 0 Å². The zero-order chi connectivity index (χ0) is 33.7. The highest BCUT2D eigenvalue weighted by Gasteiger charge is 2.22. The molecule has 0 bridgehead atoms. The number of benzene rings is 8. The largest absolute Gasteiger partial charge is 0.310 e. The van der Waals surface area contributed by atoms with Crippen LogP contribution in [-0.2, 0) is 6.42 Å². The van der Waals surface area contributed by atoms with E-state index in [2.05, 4.69) is 193 Å². The number of hydrogen-bond acceptors (Lipinski definition) is 2. The molecule has 8 aromatic carbocycles. The van der Waals surface area contributed by atoms with Crippen LogP contribution < -0.4 is 4.90 Å². The van der Waals surface area contributed by atoms with Gasteiger partial charge < -0.3 is 4.90 Å². The van der Waals surface area contributed by atoms with Gasteiger partial charge in [0.25, 0.3) is 0 Å². The normalized spacial score (nSPS) is 12.4. The standard InChI is InChI=1S/C49H33NS/c1-3-11-33(12-4-1)35-19-23-41(24-20-35)50(42-25-21-36(22-26-42)34-13-5-2-6-14-34)43-27-28-46-45(32-43)49-47(51-46)31-39-17-9-10-18-44(39)48(49)40-29-37-15-7-8-16-38(37)30-40/h1-29,31-32H,30H2. The highest BCUT2D eigenvalue weighted by atomic mass is 32.1. The van der Waals surface area contributed by atoms with Crippen LogP contribution in [0.2, 0.25) is 0 Å². The fourth-order valence-corrected chi connectivity index (χ4v) is 8.96. The van der Waals surface area contributed by atoms with E-state index < -0.39 is 0 Å².